The first-order valence-corrected chi connectivity index (χ1v) is 9.34. The van der Waals surface area contributed by atoms with Crippen LogP contribution in [0, 0.1) is 0 Å². The van der Waals surface area contributed by atoms with Crippen LogP contribution in [-0.4, -0.2) is 26.2 Å². The first-order chi connectivity index (χ1) is 13.0. The zero-order chi connectivity index (χ0) is 19.8. The second-order valence-electron chi connectivity index (χ2n) is 6.05. The highest BCUT2D eigenvalue weighted by molar-refractivity contribution is 6.30. The number of halogens is 1. The van der Waals surface area contributed by atoms with Crippen molar-refractivity contribution in [3.05, 3.63) is 53.1 Å². The molecule has 1 amide bonds. The Morgan fingerprint density at radius 1 is 1.00 bits per heavy atom. The van der Waals surface area contributed by atoms with Crippen molar-refractivity contribution in [1.82, 2.24) is 5.32 Å². The Labute approximate surface area is 165 Å². The van der Waals surface area contributed by atoms with Gasteiger partial charge in [-0.3, -0.25) is 4.79 Å². The second-order valence-corrected chi connectivity index (χ2v) is 6.49. The molecular formula is C21H26ClNO4. The van der Waals surface area contributed by atoms with Gasteiger partial charge in [0.15, 0.2) is 17.6 Å². The molecule has 2 aromatic carbocycles. The van der Waals surface area contributed by atoms with E-state index >= 15 is 0 Å². The van der Waals surface area contributed by atoms with Crippen LogP contribution in [0.3, 0.4) is 0 Å². The van der Waals surface area contributed by atoms with E-state index in [2.05, 4.69) is 5.32 Å². The number of carbonyl (C=O) groups is 1. The summed E-state index contributed by atoms with van der Waals surface area (Å²) in [4.78, 5) is 12.7. The zero-order valence-electron chi connectivity index (χ0n) is 16.1. The monoisotopic (exact) mass is 391 g/mol. The molecule has 0 bridgehead atoms. The van der Waals surface area contributed by atoms with E-state index in [0.717, 1.165) is 12.0 Å². The Bertz CT molecular complexity index is 748. The maximum absolute atomic E-state index is 12.7. The molecule has 27 heavy (non-hydrogen) atoms. The van der Waals surface area contributed by atoms with Gasteiger partial charge in [-0.2, -0.15) is 0 Å². The fourth-order valence-electron chi connectivity index (χ4n) is 2.76. The van der Waals surface area contributed by atoms with Crippen molar-refractivity contribution in [2.24, 2.45) is 0 Å². The number of hydrogen-bond donors (Lipinski definition) is 1. The van der Waals surface area contributed by atoms with E-state index in [1.165, 1.54) is 0 Å². The molecule has 0 saturated carbocycles. The minimum atomic E-state index is -0.583. The highest BCUT2D eigenvalue weighted by Crippen LogP contribution is 2.31. The van der Waals surface area contributed by atoms with Crippen LogP contribution in [-0.2, 0) is 4.79 Å². The van der Waals surface area contributed by atoms with E-state index in [1.807, 2.05) is 32.0 Å². The molecule has 6 heteroatoms. The lowest BCUT2D eigenvalue weighted by Gasteiger charge is -2.23. The number of benzene rings is 2. The lowest BCUT2D eigenvalue weighted by Crippen LogP contribution is -2.39. The van der Waals surface area contributed by atoms with Gasteiger partial charge >= 0.3 is 0 Å². The number of ether oxygens (including phenoxy) is 3. The Morgan fingerprint density at radius 2 is 1.67 bits per heavy atom. The predicted octanol–water partition coefficient (Wildman–Crippen LogP) is 4.78. The SMILES string of the molecule is CCC(Oc1ccc(Cl)cc1)C(=O)NC(CC)c1ccc(OC)c(OC)c1. The van der Waals surface area contributed by atoms with Crippen LogP contribution in [0.15, 0.2) is 42.5 Å². The van der Waals surface area contributed by atoms with E-state index in [1.54, 1.807) is 38.5 Å². The summed E-state index contributed by atoms with van der Waals surface area (Å²) in [6, 6.07) is 12.5. The molecule has 0 aliphatic rings. The van der Waals surface area contributed by atoms with Crippen molar-refractivity contribution >= 4 is 17.5 Å². The van der Waals surface area contributed by atoms with Gasteiger partial charge in [0, 0.05) is 5.02 Å². The summed E-state index contributed by atoms with van der Waals surface area (Å²) >= 11 is 5.89. The van der Waals surface area contributed by atoms with Crippen molar-refractivity contribution in [2.75, 3.05) is 14.2 Å². The standard InChI is InChI=1S/C21H26ClNO4/c1-5-17(14-7-12-19(25-3)20(13-14)26-4)23-21(24)18(6-2)27-16-10-8-15(22)9-11-16/h7-13,17-18H,5-6H2,1-4H3,(H,23,24). The number of carbonyl (C=O) groups excluding carboxylic acids is 1. The number of amides is 1. The van der Waals surface area contributed by atoms with E-state index in [9.17, 15) is 4.79 Å². The van der Waals surface area contributed by atoms with Gasteiger partial charge in [0.25, 0.3) is 5.91 Å². The van der Waals surface area contributed by atoms with Crippen molar-refractivity contribution < 1.29 is 19.0 Å². The summed E-state index contributed by atoms with van der Waals surface area (Å²) in [7, 11) is 3.19. The number of nitrogens with one attached hydrogen (secondary N) is 1. The molecule has 2 atom stereocenters. The van der Waals surface area contributed by atoms with Crippen LogP contribution in [0.2, 0.25) is 5.02 Å². The smallest absolute Gasteiger partial charge is 0.261 e. The van der Waals surface area contributed by atoms with Crippen molar-refractivity contribution in [3.63, 3.8) is 0 Å². The van der Waals surface area contributed by atoms with E-state index in [-0.39, 0.29) is 11.9 Å². The lowest BCUT2D eigenvalue weighted by molar-refractivity contribution is -0.128. The molecule has 0 heterocycles. The fraction of sp³-hybridized carbons (Fsp3) is 0.381. The highest BCUT2D eigenvalue weighted by Gasteiger charge is 2.22. The topological polar surface area (TPSA) is 56.8 Å². The summed E-state index contributed by atoms with van der Waals surface area (Å²) in [5.41, 5.74) is 0.949. The Hall–Kier alpha value is -2.40. The van der Waals surface area contributed by atoms with E-state index in [0.29, 0.717) is 28.7 Å². The average molecular weight is 392 g/mol. The van der Waals surface area contributed by atoms with Gasteiger partial charge in [-0.1, -0.05) is 31.5 Å². The van der Waals surface area contributed by atoms with Gasteiger partial charge in [-0.15, -0.1) is 0 Å². The minimum Gasteiger partial charge on any atom is -0.493 e. The number of rotatable bonds is 9. The molecule has 2 aromatic rings. The third-order valence-corrected chi connectivity index (χ3v) is 4.54. The van der Waals surface area contributed by atoms with Gasteiger partial charge in [0.1, 0.15) is 5.75 Å². The summed E-state index contributed by atoms with van der Waals surface area (Å²) in [5.74, 6) is 1.74. The Kier molecular flexibility index (Phi) is 7.80. The summed E-state index contributed by atoms with van der Waals surface area (Å²) in [6.07, 6.45) is 0.704. The lowest BCUT2D eigenvalue weighted by atomic mass is 10.0. The third-order valence-electron chi connectivity index (χ3n) is 4.29. The summed E-state index contributed by atoms with van der Waals surface area (Å²) < 4.78 is 16.5. The van der Waals surface area contributed by atoms with Crippen LogP contribution in [0.5, 0.6) is 17.2 Å². The van der Waals surface area contributed by atoms with Crippen LogP contribution in [0.1, 0.15) is 38.3 Å². The quantitative estimate of drug-likeness (QED) is 0.668. The first-order valence-electron chi connectivity index (χ1n) is 8.96. The molecule has 1 N–H and O–H groups in total. The molecule has 0 fully saturated rings. The molecule has 146 valence electrons. The van der Waals surface area contributed by atoms with E-state index in [4.69, 9.17) is 25.8 Å². The molecule has 0 saturated heterocycles. The van der Waals surface area contributed by atoms with E-state index < -0.39 is 6.10 Å². The van der Waals surface area contributed by atoms with Gasteiger partial charge in [0.05, 0.1) is 20.3 Å². The fourth-order valence-corrected chi connectivity index (χ4v) is 2.88. The number of methoxy groups -OCH3 is 2. The highest BCUT2D eigenvalue weighted by atomic mass is 35.5. The number of hydrogen-bond acceptors (Lipinski definition) is 4. The Morgan fingerprint density at radius 3 is 2.22 bits per heavy atom. The largest absolute Gasteiger partial charge is 0.493 e. The van der Waals surface area contributed by atoms with Crippen molar-refractivity contribution in [3.8, 4) is 17.2 Å². The normalized spacial score (nSPS) is 12.8. The van der Waals surface area contributed by atoms with Gasteiger partial charge in [-0.05, 0) is 54.8 Å². The average Bonchev–Trinajstić information content (AvgIpc) is 2.70. The van der Waals surface area contributed by atoms with Crippen LogP contribution in [0.4, 0.5) is 0 Å². The molecule has 2 unspecified atom stereocenters. The first kappa shape index (κ1) is 20.9. The maximum atomic E-state index is 12.7. The van der Waals surface area contributed by atoms with Crippen molar-refractivity contribution in [1.29, 1.82) is 0 Å². The third kappa shape index (κ3) is 5.54. The van der Waals surface area contributed by atoms with Crippen LogP contribution >= 0.6 is 11.6 Å². The second kappa shape index (κ2) is 10.1. The maximum Gasteiger partial charge on any atom is 0.261 e. The summed E-state index contributed by atoms with van der Waals surface area (Å²) in [6.45, 7) is 3.93. The molecule has 0 aliphatic carbocycles. The summed E-state index contributed by atoms with van der Waals surface area (Å²) in [5, 5.41) is 3.69. The molecule has 0 radical (unpaired) electrons. The Balaban J connectivity index is 2.11. The minimum absolute atomic E-state index is 0.153. The molecular weight excluding hydrogens is 366 g/mol. The zero-order valence-corrected chi connectivity index (χ0v) is 16.9. The molecule has 2 rings (SSSR count). The molecule has 0 aromatic heterocycles. The van der Waals surface area contributed by atoms with Crippen LogP contribution < -0.4 is 19.5 Å². The predicted molar refractivity (Wildman–Crippen MR) is 107 cm³/mol. The van der Waals surface area contributed by atoms with Crippen molar-refractivity contribution in [2.45, 2.75) is 38.8 Å². The van der Waals surface area contributed by atoms with Gasteiger partial charge < -0.3 is 19.5 Å². The van der Waals surface area contributed by atoms with Gasteiger partial charge in [0.2, 0.25) is 0 Å². The van der Waals surface area contributed by atoms with Crippen LogP contribution in [0.25, 0.3) is 0 Å². The molecule has 5 nitrogen and oxygen atoms in total. The molecule has 0 aliphatic heterocycles. The molecule has 0 spiro atoms. The van der Waals surface area contributed by atoms with Gasteiger partial charge in [-0.25, -0.2) is 0 Å².